The van der Waals surface area contributed by atoms with E-state index in [1.807, 2.05) is 18.2 Å². The zero-order chi connectivity index (χ0) is 14.0. The lowest BCUT2D eigenvalue weighted by molar-refractivity contribution is 0.129. The van der Waals surface area contributed by atoms with Crippen molar-refractivity contribution in [1.82, 2.24) is 0 Å². The number of hydrogen-bond donors (Lipinski definition) is 1. The third kappa shape index (κ3) is 1.76. The molecule has 1 aromatic carbocycles. The highest BCUT2D eigenvalue weighted by Gasteiger charge is 2.66. The molecule has 3 aliphatic carbocycles. The molecule has 1 heterocycles. The Hall–Kier alpha value is -1.22. The molecule has 0 saturated heterocycles. The number of benzene rings is 1. The number of fused-ring (bicyclic) bond motifs is 6. The van der Waals surface area contributed by atoms with Crippen LogP contribution in [0, 0.1) is 29.6 Å². The number of aliphatic hydroxyl groups excluding tert-OH is 1. The molecule has 5 atom stereocenters. The highest BCUT2D eigenvalue weighted by atomic mass is 16.5. The fraction of sp³-hybridized carbons (Fsp3) is 0.667. The minimum Gasteiger partial charge on any atom is -0.490 e. The number of ether oxygens (including phenoxy) is 2. The maximum atomic E-state index is 10.8. The first-order valence-electron chi connectivity index (χ1n) is 8.40. The molecule has 5 unspecified atom stereocenters. The van der Waals surface area contributed by atoms with Gasteiger partial charge in [-0.15, -0.1) is 0 Å². The highest BCUT2D eigenvalue weighted by molar-refractivity contribution is 5.44. The highest BCUT2D eigenvalue weighted by Crippen LogP contribution is 2.72. The second-order valence-corrected chi connectivity index (χ2v) is 7.27. The van der Waals surface area contributed by atoms with Crippen molar-refractivity contribution in [3.05, 3.63) is 23.8 Å². The van der Waals surface area contributed by atoms with Gasteiger partial charge in [-0.2, -0.15) is 0 Å². The summed E-state index contributed by atoms with van der Waals surface area (Å²) < 4.78 is 11.4. The molecule has 0 aromatic heterocycles. The maximum absolute atomic E-state index is 10.8. The van der Waals surface area contributed by atoms with Crippen molar-refractivity contribution in [1.29, 1.82) is 0 Å². The zero-order valence-corrected chi connectivity index (χ0v) is 12.2. The molecule has 3 heteroatoms. The standard InChI is InChI=1S/C18H22O3/c19-18(17-15-10-2-3-11(8-10)16(15)17)12-4-5-13-14(9-12)21-7-1-6-20-13/h4-5,9-11,15-19H,1-3,6-8H2. The molecule has 3 saturated carbocycles. The average Bonchev–Trinajstić information content (AvgIpc) is 3.06. The predicted octanol–water partition coefficient (Wildman–Crippen LogP) is 3.17. The monoisotopic (exact) mass is 286 g/mol. The summed E-state index contributed by atoms with van der Waals surface area (Å²) in [6.45, 7) is 1.41. The van der Waals surface area contributed by atoms with Gasteiger partial charge in [0.1, 0.15) is 0 Å². The quantitative estimate of drug-likeness (QED) is 0.907. The number of hydrogen-bond acceptors (Lipinski definition) is 3. The van der Waals surface area contributed by atoms with Gasteiger partial charge < -0.3 is 14.6 Å². The van der Waals surface area contributed by atoms with Crippen LogP contribution < -0.4 is 9.47 Å². The summed E-state index contributed by atoms with van der Waals surface area (Å²) in [7, 11) is 0. The molecule has 21 heavy (non-hydrogen) atoms. The van der Waals surface area contributed by atoms with E-state index < -0.39 is 0 Å². The van der Waals surface area contributed by atoms with Crippen LogP contribution in [0.25, 0.3) is 0 Å². The van der Waals surface area contributed by atoms with E-state index in [1.165, 1.54) is 19.3 Å². The lowest BCUT2D eigenvalue weighted by Crippen LogP contribution is -2.08. The minimum absolute atomic E-state index is 0.319. The van der Waals surface area contributed by atoms with E-state index in [0.717, 1.165) is 47.2 Å². The zero-order valence-electron chi connectivity index (χ0n) is 12.2. The van der Waals surface area contributed by atoms with Gasteiger partial charge in [-0.05, 0) is 66.5 Å². The van der Waals surface area contributed by atoms with E-state index in [-0.39, 0.29) is 6.10 Å². The molecule has 3 nitrogen and oxygen atoms in total. The molecule has 3 fully saturated rings. The van der Waals surface area contributed by atoms with Crippen molar-refractivity contribution in [3.63, 3.8) is 0 Å². The lowest BCUT2D eigenvalue weighted by Gasteiger charge is -2.17. The van der Waals surface area contributed by atoms with E-state index in [0.29, 0.717) is 19.1 Å². The molecule has 0 radical (unpaired) electrons. The summed E-state index contributed by atoms with van der Waals surface area (Å²) in [4.78, 5) is 0. The molecular formula is C18H22O3. The van der Waals surface area contributed by atoms with Crippen LogP contribution >= 0.6 is 0 Å². The second-order valence-electron chi connectivity index (χ2n) is 7.27. The first kappa shape index (κ1) is 12.3. The van der Waals surface area contributed by atoms with Gasteiger partial charge in [0.05, 0.1) is 19.3 Å². The van der Waals surface area contributed by atoms with Crippen LogP contribution in [0.4, 0.5) is 0 Å². The Bertz CT molecular complexity index is 554. The van der Waals surface area contributed by atoms with E-state index in [9.17, 15) is 5.11 Å². The first-order valence-corrected chi connectivity index (χ1v) is 8.40. The van der Waals surface area contributed by atoms with Crippen LogP contribution in [0.5, 0.6) is 11.5 Å². The Kier molecular flexibility index (Phi) is 2.58. The van der Waals surface area contributed by atoms with E-state index >= 15 is 0 Å². The van der Waals surface area contributed by atoms with Crippen LogP contribution in [0.3, 0.4) is 0 Å². The topological polar surface area (TPSA) is 38.7 Å². The molecule has 2 bridgehead atoms. The van der Waals surface area contributed by atoms with Crippen LogP contribution in [-0.4, -0.2) is 18.3 Å². The molecule has 1 N–H and O–H groups in total. The maximum Gasteiger partial charge on any atom is 0.161 e. The third-order valence-electron chi connectivity index (χ3n) is 6.27. The van der Waals surface area contributed by atoms with Crippen molar-refractivity contribution in [2.75, 3.05) is 13.2 Å². The first-order chi connectivity index (χ1) is 10.3. The van der Waals surface area contributed by atoms with Gasteiger partial charge in [-0.1, -0.05) is 6.07 Å². The van der Waals surface area contributed by atoms with E-state index in [2.05, 4.69) is 0 Å². The lowest BCUT2D eigenvalue weighted by atomic mass is 9.95. The normalized spacial score (nSPS) is 40.5. The molecule has 1 aromatic rings. The molecule has 1 aliphatic heterocycles. The Labute approximate surface area is 125 Å². The molecular weight excluding hydrogens is 264 g/mol. The molecule has 0 amide bonds. The van der Waals surface area contributed by atoms with Gasteiger partial charge in [0, 0.05) is 6.42 Å². The van der Waals surface area contributed by atoms with Crippen molar-refractivity contribution in [2.45, 2.75) is 31.8 Å². The summed E-state index contributed by atoms with van der Waals surface area (Å²) in [5.74, 6) is 5.53. The Morgan fingerprint density at radius 3 is 2.48 bits per heavy atom. The summed E-state index contributed by atoms with van der Waals surface area (Å²) in [6.07, 6.45) is 4.83. The smallest absolute Gasteiger partial charge is 0.161 e. The number of rotatable bonds is 2. The molecule has 112 valence electrons. The van der Waals surface area contributed by atoms with Gasteiger partial charge in [-0.3, -0.25) is 0 Å². The number of aliphatic hydroxyl groups is 1. The molecule has 0 spiro atoms. The van der Waals surface area contributed by atoms with Crippen molar-refractivity contribution < 1.29 is 14.6 Å². The van der Waals surface area contributed by atoms with E-state index in [4.69, 9.17) is 9.47 Å². The third-order valence-corrected chi connectivity index (χ3v) is 6.27. The Balaban J connectivity index is 1.40. The summed E-state index contributed by atoms with van der Waals surface area (Å²) >= 11 is 0. The summed E-state index contributed by atoms with van der Waals surface area (Å²) in [5, 5.41) is 10.8. The predicted molar refractivity (Wildman–Crippen MR) is 78.3 cm³/mol. The summed E-state index contributed by atoms with van der Waals surface area (Å²) in [5.41, 5.74) is 1.01. The Morgan fingerprint density at radius 2 is 1.71 bits per heavy atom. The largest absolute Gasteiger partial charge is 0.490 e. The van der Waals surface area contributed by atoms with Crippen LogP contribution in [-0.2, 0) is 0 Å². The van der Waals surface area contributed by atoms with Crippen LogP contribution in [0.1, 0.15) is 37.4 Å². The molecule has 5 rings (SSSR count). The van der Waals surface area contributed by atoms with Crippen molar-refractivity contribution in [3.8, 4) is 11.5 Å². The fourth-order valence-electron chi connectivity index (χ4n) is 5.40. The second kappa shape index (κ2) is 4.39. The van der Waals surface area contributed by atoms with Gasteiger partial charge in [0.2, 0.25) is 0 Å². The fourth-order valence-corrected chi connectivity index (χ4v) is 5.40. The summed E-state index contributed by atoms with van der Waals surface area (Å²) in [6, 6.07) is 5.99. The van der Waals surface area contributed by atoms with Gasteiger partial charge in [0.25, 0.3) is 0 Å². The Morgan fingerprint density at radius 1 is 1.00 bits per heavy atom. The van der Waals surface area contributed by atoms with E-state index in [1.54, 1.807) is 0 Å². The van der Waals surface area contributed by atoms with Crippen molar-refractivity contribution in [2.24, 2.45) is 29.6 Å². The van der Waals surface area contributed by atoms with Gasteiger partial charge in [-0.25, -0.2) is 0 Å². The minimum atomic E-state index is -0.319. The van der Waals surface area contributed by atoms with Gasteiger partial charge in [0.15, 0.2) is 11.5 Å². The molecule has 4 aliphatic rings. The van der Waals surface area contributed by atoms with Crippen molar-refractivity contribution >= 4 is 0 Å². The van der Waals surface area contributed by atoms with Gasteiger partial charge >= 0.3 is 0 Å². The van der Waals surface area contributed by atoms with Crippen LogP contribution in [0.15, 0.2) is 18.2 Å². The van der Waals surface area contributed by atoms with Crippen LogP contribution in [0.2, 0.25) is 0 Å². The SMILES string of the molecule is OC(c1ccc2c(c1)OCCCO2)C1C2C3CCC(C3)C21. The average molecular weight is 286 g/mol.